The zero-order valence-electron chi connectivity index (χ0n) is 12.7. The normalized spacial score (nSPS) is 10.5. The Labute approximate surface area is 141 Å². The Morgan fingerprint density at radius 2 is 1.86 bits per heavy atom. The van der Waals surface area contributed by atoms with Crippen LogP contribution in [-0.2, 0) is 13.2 Å². The van der Waals surface area contributed by atoms with Gasteiger partial charge in [-0.2, -0.15) is 0 Å². The van der Waals surface area contributed by atoms with Crippen LogP contribution in [0.3, 0.4) is 0 Å². The number of halogens is 2. The Morgan fingerprint density at radius 3 is 2.55 bits per heavy atom. The third kappa shape index (κ3) is 4.54. The second kappa shape index (κ2) is 8.28. The number of nitrogens with one attached hydrogen (secondary N) is 1. The molecule has 0 aliphatic carbocycles. The minimum atomic E-state index is 0.381. The summed E-state index contributed by atoms with van der Waals surface area (Å²) in [6.07, 6.45) is 0. The van der Waals surface area contributed by atoms with E-state index >= 15 is 0 Å². The maximum atomic E-state index is 6.34. The molecule has 0 bridgehead atoms. The standard InChI is InChI=1S/C17H19Cl2NO2/c1-3-21-16-9-13(10-20-2)8-15(19)17(16)22-11-12-5-4-6-14(18)7-12/h4-9,20H,3,10-11H2,1-2H3. The summed E-state index contributed by atoms with van der Waals surface area (Å²) in [4.78, 5) is 0. The summed E-state index contributed by atoms with van der Waals surface area (Å²) in [7, 11) is 1.89. The summed E-state index contributed by atoms with van der Waals surface area (Å²) in [5.41, 5.74) is 2.02. The molecule has 2 aromatic carbocycles. The van der Waals surface area contributed by atoms with E-state index < -0.39 is 0 Å². The van der Waals surface area contributed by atoms with E-state index in [-0.39, 0.29) is 0 Å². The van der Waals surface area contributed by atoms with Gasteiger partial charge in [0.25, 0.3) is 0 Å². The van der Waals surface area contributed by atoms with Crippen molar-refractivity contribution in [3.63, 3.8) is 0 Å². The highest BCUT2D eigenvalue weighted by atomic mass is 35.5. The van der Waals surface area contributed by atoms with E-state index in [1.165, 1.54) is 0 Å². The zero-order valence-corrected chi connectivity index (χ0v) is 14.2. The van der Waals surface area contributed by atoms with Crippen LogP contribution in [0.4, 0.5) is 0 Å². The van der Waals surface area contributed by atoms with E-state index in [9.17, 15) is 0 Å². The molecular weight excluding hydrogens is 321 g/mol. The number of ether oxygens (including phenoxy) is 2. The first-order chi connectivity index (χ1) is 10.6. The fourth-order valence-electron chi connectivity index (χ4n) is 2.11. The van der Waals surface area contributed by atoms with Gasteiger partial charge in [0, 0.05) is 11.6 Å². The summed E-state index contributed by atoms with van der Waals surface area (Å²) in [6, 6.07) is 11.4. The molecule has 0 aromatic heterocycles. The Bertz CT molecular complexity index is 632. The third-order valence-electron chi connectivity index (χ3n) is 3.02. The van der Waals surface area contributed by atoms with Crippen LogP contribution in [0.1, 0.15) is 18.1 Å². The van der Waals surface area contributed by atoms with Gasteiger partial charge in [-0.1, -0.05) is 35.3 Å². The molecule has 0 amide bonds. The summed E-state index contributed by atoms with van der Waals surface area (Å²) < 4.78 is 11.5. The summed E-state index contributed by atoms with van der Waals surface area (Å²) >= 11 is 12.3. The van der Waals surface area contributed by atoms with Crippen molar-refractivity contribution >= 4 is 23.2 Å². The van der Waals surface area contributed by atoms with E-state index in [2.05, 4.69) is 5.32 Å². The molecule has 2 aromatic rings. The molecule has 0 radical (unpaired) electrons. The summed E-state index contributed by atoms with van der Waals surface area (Å²) in [5, 5.41) is 4.32. The predicted molar refractivity (Wildman–Crippen MR) is 91.2 cm³/mol. The molecule has 0 aliphatic rings. The summed E-state index contributed by atoms with van der Waals surface area (Å²) in [6.45, 7) is 3.58. The average Bonchev–Trinajstić information content (AvgIpc) is 2.47. The monoisotopic (exact) mass is 339 g/mol. The number of rotatable bonds is 7. The third-order valence-corrected chi connectivity index (χ3v) is 3.54. The molecule has 5 heteroatoms. The molecular formula is C17H19Cl2NO2. The molecule has 2 rings (SSSR count). The lowest BCUT2D eigenvalue weighted by Crippen LogP contribution is -2.07. The van der Waals surface area contributed by atoms with Gasteiger partial charge in [-0.15, -0.1) is 0 Å². The summed E-state index contributed by atoms with van der Waals surface area (Å²) in [5.74, 6) is 1.21. The fraction of sp³-hybridized carbons (Fsp3) is 0.294. The van der Waals surface area contributed by atoms with E-state index in [0.717, 1.165) is 11.1 Å². The van der Waals surface area contributed by atoms with Gasteiger partial charge < -0.3 is 14.8 Å². The predicted octanol–water partition coefficient (Wildman–Crippen LogP) is 4.69. The van der Waals surface area contributed by atoms with Crippen molar-refractivity contribution in [1.29, 1.82) is 0 Å². The van der Waals surface area contributed by atoms with Gasteiger partial charge in [0.05, 0.1) is 11.6 Å². The maximum absolute atomic E-state index is 6.34. The molecule has 1 N–H and O–H groups in total. The molecule has 0 spiro atoms. The second-order valence-electron chi connectivity index (χ2n) is 4.79. The Morgan fingerprint density at radius 1 is 1.05 bits per heavy atom. The number of benzene rings is 2. The van der Waals surface area contributed by atoms with Crippen molar-refractivity contribution in [1.82, 2.24) is 5.32 Å². The van der Waals surface area contributed by atoms with E-state index in [0.29, 0.717) is 41.3 Å². The molecule has 0 saturated carbocycles. The molecule has 0 saturated heterocycles. The first kappa shape index (κ1) is 16.9. The van der Waals surface area contributed by atoms with Gasteiger partial charge >= 0.3 is 0 Å². The van der Waals surface area contributed by atoms with Crippen LogP contribution in [0.5, 0.6) is 11.5 Å². The largest absolute Gasteiger partial charge is 0.490 e. The second-order valence-corrected chi connectivity index (χ2v) is 5.63. The van der Waals surface area contributed by atoms with Crippen molar-refractivity contribution in [3.8, 4) is 11.5 Å². The highest BCUT2D eigenvalue weighted by molar-refractivity contribution is 6.32. The first-order valence-electron chi connectivity index (χ1n) is 7.11. The van der Waals surface area contributed by atoms with Crippen LogP contribution in [-0.4, -0.2) is 13.7 Å². The van der Waals surface area contributed by atoms with Crippen molar-refractivity contribution in [2.24, 2.45) is 0 Å². The van der Waals surface area contributed by atoms with Crippen molar-refractivity contribution in [2.45, 2.75) is 20.1 Å². The van der Waals surface area contributed by atoms with Crippen LogP contribution in [0.2, 0.25) is 10.0 Å². The van der Waals surface area contributed by atoms with E-state index in [1.807, 2.05) is 50.4 Å². The Balaban J connectivity index is 2.21. The minimum Gasteiger partial charge on any atom is -0.490 e. The Kier molecular flexibility index (Phi) is 6.37. The highest BCUT2D eigenvalue weighted by Gasteiger charge is 2.13. The number of hydrogen-bond donors (Lipinski definition) is 1. The van der Waals surface area contributed by atoms with Gasteiger partial charge in [0.15, 0.2) is 11.5 Å². The fourth-order valence-corrected chi connectivity index (χ4v) is 2.61. The van der Waals surface area contributed by atoms with Crippen LogP contribution in [0.15, 0.2) is 36.4 Å². The highest BCUT2D eigenvalue weighted by Crippen LogP contribution is 2.37. The van der Waals surface area contributed by atoms with Crippen LogP contribution < -0.4 is 14.8 Å². The van der Waals surface area contributed by atoms with E-state index in [1.54, 1.807) is 0 Å². The molecule has 0 aliphatic heterocycles. The smallest absolute Gasteiger partial charge is 0.180 e. The lowest BCUT2D eigenvalue weighted by molar-refractivity contribution is 0.269. The molecule has 22 heavy (non-hydrogen) atoms. The molecule has 0 fully saturated rings. The topological polar surface area (TPSA) is 30.5 Å². The lowest BCUT2D eigenvalue weighted by Gasteiger charge is -2.15. The van der Waals surface area contributed by atoms with Crippen molar-refractivity contribution < 1.29 is 9.47 Å². The van der Waals surface area contributed by atoms with Gasteiger partial charge in [-0.3, -0.25) is 0 Å². The van der Waals surface area contributed by atoms with Gasteiger partial charge in [-0.05, 0) is 49.4 Å². The van der Waals surface area contributed by atoms with Crippen LogP contribution >= 0.6 is 23.2 Å². The van der Waals surface area contributed by atoms with Crippen LogP contribution in [0.25, 0.3) is 0 Å². The SMILES string of the molecule is CCOc1cc(CNC)cc(Cl)c1OCc1cccc(Cl)c1. The van der Waals surface area contributed by atoms with Gasteiger partial charge in [-0.25, -0.2) is 0 Å². The molecule has 0 unspecified atom stereocenters. The first-order valence-corrected chi connectivity index (χ1v) is 7.86. The van der Waals surface area contributed by atoms with Crippen molar-refractivity contribution in [2.75, 3.05) is 13.7 Å². The Hall–Kier alpha value is -1.42. The lowest BCUT2D eigenvalue weighted by atomic mass is 10.2. The molecule has 0 heterocycles. The molecule has 118 valence electrons. The maximum Gasteiger partial charge on any atom is 0.180 e. The number of hydrogen-bond acceptors (Lipinski definition) is 3. The van der Waals surface area contributed by atoms with Crippen molar-refractivity contribution in [3.05, 3.63) is 57.6 Å². The minimum absolute atomic E-state index is 0.381. The average molecular weight is 340 g/mol. The van der Waals surface area contributed by atoms with Crippen LogP contribution in [0, 0.1) is 0 Å². The quantitative estimate of drug-likeness (QED) is 0.793. The molecule has 3 nitrogen and oxygen atoms in total. The molecule has 0 atom stereocenters. The van der Waals surface area contributed by atoms with Gasteiger partial charge in [0.2, 0.25) is 0 Å². The zero-order chi connectivity index (χ0) is 15.9. The van der Waals surface area contributed by atoms with E-state index in [4.69, 9.17) is 32.7 Å². The van der Waals surface area contributed by atoms with Gasteiger partial charge in [0.1, 0.15) is 6.61 Å².